The van der Waals surface area contributed by atoms with Crippen molar-refractivity contribution < 1.29 is 28.6 Å². The number of carbonyl (C=O) groups excluding carboxylic acids is 3. The summed E-state index contributed by atoms with van der Waals surface area (Å²) in [6.07, 6.45) is 88.7. The fourth-order valence-corrected chi connectivity index (χ4v) is 9.31. The van der Waals surface area contributed by atoms with Crippen molar-refractivity contribution in [1.82, 2.24) is 0 Å². The van der Waals surface area contributed by atoms with Crippen molar-refractivity contribution in [2.24, 2.45) is 0 Å². The largest absolute Gasteiger partial charge is 0.462 e. The number of hydrogen-bond acceptors (Lipinski definition) is 6. The predicted molar refractivity (Wildman–Crippen MR) is 339 cm³/mol. The minimum Gasteiger partial charge on any atom is -0.462 e. The molecule has 0 spiro atoms. The van der Waals surface area contributed by atoms with E-state index < -0.39 is 6.10 Å². The van der Waals surface area contributed by atoms with Crippen LogP contribution >= 0.6 is 0 Å². The van der Waals surface area contributed by atoms with Crippen molar-refractivity contribution in [2.75, 3.05) is 13.2 Å². The second-order valence-corrected chi connectivity index (χ2v) is 22.0. The van der Waals surface area contributed by atoms with E-state index in [0.717, 1.165) is 109 Å². The fraction of sp³-hybridized carbons (Fsp3) is 0.736. The Morgan fingerprint density at radius 2 is 0.513 bits per heavy atom. The third-order valence-electron chi connectivity index (χ3n) is 14.3. The summed E-state index contributed by atoms with van der Waals surface area (Å²) in [5.41, 5.74) is 0. The van der Waals surface area contributed by atoms with Crippen LogP contribution in [0.1, 0.15) is 323 Å². The van der Waals surface area contributed by atoms with Crippen LogP contribution in [-0.2, 0) is 28.6 Å². The van der Waals surface area contributed by atoms with Crippen LogP contribution in [-0.4, -0.2) is 37.2 Å². The lowest BCUT2D eigenvalue weighted by Crippen LogP contribution is -2.30. The van der Waals surface area contributed by atoms with Gasteiger partial charge in [0.15, 0.2) is 6.10 Å². The van der Waals surface area contributed by atoms with E-state index in [1.54, 1.807) is 0 Å². The lowest BCUT2D eigenvalue weighted by atomic mass is 10.0. The maximum absolute atomic E-state index is 12.9. The van der Waals surface area contributed by atoms with E-state index in [2.05, 4.69) is 118 Å². The van der Waals surface area contributed by atoms with Crippen LogP contribution in [0, 0.1) is 0 Å². The van der Waals surface area contributed by atoms with Gasteiger partial charge in [0.05, 0.1) is 0 Å². The van der Waals surface area contributed by atoms with Gasteiger partial charge in [0.2, 0.25) is 0 Å². The highest BCUT2D eigenvalue weighted by Gasteiger charge is 2.19. The zero-order valence-electron chi connectivity index (χ0n) is 51.4. The SMILES string of the molecule is CC/C=C\C/C=C\C/C=C\C/C=C\CCCCC(=O)OC(COC(=O)CCCCCCC/C=C\C/C=C\CCCC)COC(=O)CCCCCCCCCCCCCCCCCCCCC/C=C\C/C=C\CCCCCCC. The molecule has 78 heavy (non-hydrogen) atoms. The van der Waals surface area contributed by atoms with Crippen molar-refractivity contribution in [3.63, 3.8) is 0 Å². The van der Waals surface area contributed by atoms with E-state index in [0.29, 0.717) is 19.3 Å². The first-order chi connectivity index (χ1) is 38.5. The van der Waals surface area contributed by atoms with Crippen molar-refractivity contribution in [2.45, 2.75) is 329 Å². The van der Waals surface area contributed by atoms with Gasteiger partial charge < -0.3 is 14.2 Å². The molecule has 0 saturated carbocycles. The monoisotopic (exact) mass is 1080 g/mol. The molecule has 0 fully saturated rings. The number of allylic oxidation sites excluding steroid dienone is 16. The highest BCUT2D eigenvalue weighted by Crippen LogP contribution is 2.17. The van der Waals surface area contributed by atoms with Gasteiger partial charge in [0.1, 0.15) is 13.2 Å². The van der Waals surface area contributed by atoms with Crippen molar-refractivity contribution in [1.29, 1.82) is 0 Å². The van der Waals surface area contributed by atoms with Crippen LogP contribution in [0.3, 0.4) is 0 Å². The average molecular weight is 1090 g/mol. The second-order valence-electron chi connectivity index (χ2n) is 22.0. The Hall–Kier alpha value is -3.67. The van der Waals surface area contributed by atoms with Gasteiger partial charge in [-0.2, -0.15) is 0 Å². The summed E-state index contributed by atoms with van der Waals surface area (Å²) in [7, 11) is 0. The molecule has 1 atom stereocenters. The molecule has 0 amide bonds. The molecule has 0 N–H and O–H groups in total. The average Bonchev–Trinajstić information content (AvgIpc) is 3.44. The Morgan fingerprint density at radius 1 is 0.269 bits per heavy atom. The smallest absolute Gasteiger partial charge is 0.306 e. The van der Waals surface area contributed by atoms with Crippen LogP contribution in [0.5, 0.6) is 0 Å². The molecule has 0 aliphatic carbocycles. The maximum Gasteiger partial charge on any atom is 0.306 e. The Morgan fingerprint density at radius 3 is 0.846 bits per heavy atom. The Kier molecular flexibility index (Phi) is 62.7. The molecular formula is C72H124O6. The summed E-state index contributed by atoms with van der Waals surface area (Å²) < 4.78 is 16.9. The fourth-order valence-electron chi connectivity index (χ4n) is 9.31. The van der Waals surface area contributed by atoms with Gasteiger partial charge >= 0.3 is 17.9 Å². The summed E-state index contributed by atoms with van der Waals surface area (Å²) in [5, 5.41) is 0. The van der Waals surface area contributed by atoms with Crippen molar-refractivity contribution >= 4 is 17.9 Å². The molecule has 0 saturated heterocycles. The molecule has 0 rings (SSSR count). The summed E-state index contributed by atoms with van der Waals surface area (Å²) in [5.74, 6) is -0.944. The van der Waals surface area contributed by atoms with Crippen molar-refractivity contribution in [3.05, 3.63) is 97.2 Å². The quantitative estimate of drug-likeness (QED) is 0.0261. The first-order valence-electron chi connectivity index (χ1n) is 33.2. The summed E-state index contributed by atoms with van der Waals surface area (Å²) >= 11 is 0. The van der Waals surface area contributed by atoms with E-state index in [9.17, 15) is 14.4 Å². The van der Waals surface area contributed by atoms with Gasteiger partial charge in [-0.05, 0) is 116 Å². The van der Waals surface area contributed by atoms with E-state index >= 15 is 0 Å². The number of hydrogen-bond donors (Lipinski definition) is 0. The lowest BCUT2D eigenvalue weighted by molar-refractivity contribution is -0.167. The maximum atomic E-state index is 12.9. The predicted octanol–water partition coefficient (Wildman–Crippen LogP) is 22.8. The minimum absolute atomic E-state index is 0.0970. The highest BCUT2D eigenvalue weighted by molar-refractivity contribution is 5.71. The molecule has 0 aromatic heterocycles. The number of rotatable bonds is 60. The molecule has 1 unspecified atom stereocenters. The molecule has 0 bridgehead atoms. The second kappa shape index (κ2) is 65.8. The van der Waals surface area contributed by atoms with Crippen LogP contribution in [0.15, 0.2) is 97.2 Å². The van der Waals surface area contributed by atoms with E-state index in [-0.39, 0.29) is 37.5 Å². The van der Waals surface area contributed by atoms with Gasteiger partial charge in [-0.1, -0.05) is 285 Å². The molecule has 0 aromatic carbocycles. The zero-order chi connectivity index (χ0) is 56.4. The first kappa shape index (κ1) is 74.3. The third kappa shape index (κ3) is 63.2. The normalized spacial score (nSPS) is 12.7. The number of unbranched alkanes of at least 4 members (excludes halogenated alkanes) is 33. The van der Waals surface area contributed by atoms with E-state index in [4.69, 9.17) is 14.2 Å². The molecular weight excluding hydrogens is 961 g/mol. The number of ether oxygens (including phenoxy) is 3. The first-order valence-corrected chi connectivity index (χ1v) is 33.2. The third-order valence-corrected chi connectivity index (χ3v) is 14.3. The van der Waals surface area contributed by atoms with Gasteiger partial charge in [-0.25, -0.2) is 0 Å². The standard InChI is InChI=1S/C72H124O6/c1-4-7-10-13-16-19-22-25-28-29-30-31-32-33-34-35-36-37-38-39-40-41-42-43-45-47-50-53-56-59-62-65-71(74)77-68-69(67-76-70(73)64-61-58-55-52-49-46-27-24-21-18-15-12-9-6-3)78-72(75)66-63-60-57-54-51-48-44-26-23-20-17-14-11-8-5-2/h8,11,15,17-18,20,22,24-27,29-30,44,51,54,69H,4-7,9-10,12-14,16,19,21,23,28,31-43,45-50,52-53,55-68H2,1-3H3/b11-8-,18-15-,20-17-,25-22-,27-24-,30-29-,44-26-,54-51-. The molecule has 0 aliphatic rings. The lowest BCUT2D eigenvalue weighted by Gasteiger charge is -2.18. The zero-order valence-corrected chi connectivity index (χ0v) is 51.4. The van der Waals surface area contributed by atoms with Gasteiger partial charge in [-0.15, -0.1) is 0 Å². The molecule has 6 nitrogen and oxygen atoms in total. The molecule has 6 heteroatoms. The topological polar surface area (TPSA) is 78.9 Å². The van der Waals surface area contributed by atoms with Crippen LogP contribution < -0.4 is 0 Å². The van der Waals surface area contributed by atoms with Crippen molar-refractivity contribution in [3.8, 4) is 0 Å². The summed E-state index contributed by atoms with van der Waals surface area (Å²) in [6.45, 7) is 6.45. The Labute approximate surface area is 483 Å². The van der Waals surface area contributed by atoms with Gasteiger partial charge in [0.25, 0.3) is 0 Å². The summed E-state index contributed by atoms with van der Waals surface area (Å²) in [6, 6.07) is 0. The summed E-state index contributed by atoms with van der Waals surface area (Å²) in [4.78, 5) is 38.3. The van der Waals surface area contributed by atoms with E-state index in [1.807, 2.05) is 0 Å². The molecule has 0 heterocycles. The highest BCUT2D eigenvalue weighted by atomic mass is 16.6. The van der Waals surface area contributed by atoms with E-state index in [1.165, 1.54) is 167 Å². The number of esters is 3. The minimum atomic E-state index is -0.805. The van der Waals surface area contributed by atoms with Crippen LogP contribution in [0.4, 0.5) is 0 Å². The Balaban J connectivity index is 4.21. The van der Waals surface area contributed by atoms with Crippen LogP contribution in [0.2, 0.25) is 0 Å². The molecule has 448 valence electrons. The van der Waals surface area contributed by atoms with Crippen LogP contribution in [0.25, 0.3) is 0 Å². The Bertz CT molecular complexity index is 1530. The molecule has 0 radical (unpaired) electrons. The number of carbonyl (C=O) groups is 3. The van der Waals surface area contributed by atoms with Gasteiger partial charge in [0, 0.05) is 19.3 Å². The molecule has 0 aromatic rings. The van der Waals surface area contributed by atoms with Gasteiger partial charge in [-0.3, -0.25) is 14.4 Å². The molecule has 0 aliphatic heterocycles.